The quantitative estimate of drug-likeness (QED) is 0.180. The van der Waals surface area contributed by atoms with Crippen LogP contribution >= 0.6 is 10.5 Å². The maximum absolute atomic E-state index is 11.9. The SMILES string of the molecule is C=S(C)CCOCn1nc(OCC)nc1-c1ccc(-c2cnc(OCC(C)(C)C(=O)OC)cc2C)cc1. The minimum absolute atomic E-state index is 0.0785. The lowest BCUT2D eigenvalue weighted by molar-refractivity contribution is -0.152. The fourth-order valence-corrected chi connectivity index (χ4v) is 3.87. The van der Waals surface area contributed by atoms with Crippen molar-refractivity contribution in [3.8, 4) is 34.4 Å². The number of ether oxygens (including phenoxy) is 4. The van der Waals surface area contributed by atoms with Crippen LogP contribution in [-0.4, -0.2) is 70.5 Å². The largest absolute Gasteiger partial charge is 0.476 e. The first kappa shape index (κ1) is 28.3. The number of nitrogens with zero attached hydrogens (tertiary/aromatic N) is 4. The topological polar surface area (TPSA) is 97.6 Å². The third-order valence-corrected chi connectivity index (χ3v) is 6.44. The number of methoxy groups -OCH3 is 1. The zero-order valence-electron chi connectivity index (χ0n) is 22.4. The highest BCUT2D eigenvalue weighted by atomic mass is 32.2. The van der Waals surface area contributed by atoms with E-state index in [1.54, 1.807) is 24.7 Å². The molecule has 0 aliphatic rings. The van der Waals surface area contributed by atoms with E-state index in [4.69, 9.17) is 18.9 Å². The molecule has 1 aromatic carbocycles. The monoisotopic (exact) mass is 528 g/mol. The maximum Gasteiger partial charge on any atom is 0.336 e. The number of rotatable bonds is 13. The second-order valence-electron chi connectivity index (χ2n) is 9.25. The Kier molecular flexibility index (Phi) is 9.82. The fraction of sp³-hybridized carbons (Fsp3) is 0.444. The zero-order valence-corrected chi connectivity index (χ0v) is 23.3. The second-order valence-corrected chi connectivity index (χ2v) is 11.2. The van der Waals surface area contributed by atoms with E-state index in [-0.39, 0.29) is 29.8 Å². The highest BCUT2D eigenvalue weighted by Gasteiger charge is 2.30. The van der Waals surface area contributed by atoms with Crippen LogP contribution in [0.1, 0.15) is 26.3 Å². The van der Waals surface area contributed by atoms with Crippen molar-refractivity contribution in [2.75, 3.05) is 38.9 Å². The summed E-state index contributed by atoms with van der Waals surface area (Å²) in [6.45, 7) is 8.99. The molecule has 0 spiro atoms. The van der Waals surface area contributed by atoms with Gasteiger partial charge in [-0.1, -0.05) is 30.1 Å². The van der Waals surface area contributed by atoms with Crippen LogP contribution in [0, 0.1) is 12.3 Å². The smallest absolute Gasteiger partial charge is 0.336 e. The number of aryl methyl sites for hydroxylation is 1. The Morgan fingerprint density at radius 3 is 2.49 bits per heavy atom. The maximum atomic E-state index is 11.9. The van der Waals surface area contributed by atoms with Gasteiger partial charge in [0.1, 0.15) is 13.3 Å². The summed E-state index contributed by atoms with van der Waals surface area (Å²) in [7, 11) is 1.45. The van der Waals surface area contributed by atoms with E-state index in [0.29, 0.717) is 30.9 Å². The van der Waals surface area contributed by atoms with E-state index in [2.05, 4.69) is 27.2 Å². The normalized spacial score (nSPS) is 12.3. The van der Waals surface area contributed by atoms with Gasteiger partial charge in [-0.15, -0.1) is 5.10 Å². The third kappa shape index (κ3) is 7.62. The number of pyridine rings is 1. The van der Waals surface area contributed by atoms with E-state index in [9.17, 15) is 4.79 Å². The first-order valence-electron chi connectivity index (χ1n) is 12.0. The molecule has 0 aliphatic carbocycles. The van der Waals surface area contributed by atoms with Gasteiger partial charge in [-0.3, -0.25) is 4.79 Å². The predicted molar refractivity (Wildman–Crippen MR) is 147 cm³/mol. The molecule has 3 rings (SSSR count). The van der Waals surface area contributed by atoms with E-state index in [0.717, 1.165) is 28.0 Å². The van der Waals surface area contributed by atoms with Gasteiger partial charge in [0.15, 0.2) is 5.82 Å². The molecule has 2 heterocycles. The molecule has 0 saturated carbocycles. The molecule has 0 N–H and O–H groups in total. The number of esters is 1. The molecule has 3 aromatic rings. The van der Waals surface area contributed by atoms with E-state index < -0.39 is 5.41 Å². The molecule has 9 nitrogen and oxygen atoms in total. The average Bonchev–Trinajstić information content (AvgIpc) is 3.27. The summed E-state index contributed by atoms with van der Waals surface area (Å²) in [4.78, 5) is 20.9. The zero-order chi connectivity index (χ0) is 27.0. The molecule has 0 aliphatic heterocycles. The molecule has 0 saturated heterocycles. The van der Waals surface area contributed by atoms with Crippen LogP contribution in [0.5, 0.6) is 11.9 Å². The van der Waals surface area contributed by atoms with Gasteiger partial charge in [-0.05, 0) is 45.1 Å². The van der Waals surface area contributed by atoms with Gasteiger partial charge in [0.2, 0.25) is 5.88 Å². The van der Waals surface area contributed by atoms with E-state index in [1.807, 2.05) is 44.2 Å². The Labute approximate surface area is 221 Å². The molecular formula is C27H36N4O5S. The third-order valence-electron chi connectivity index (χ3n) is 5.57. The second kappa shape index (κ2) is 12.8. The van der Waals surface area contributed by atoms with Gasteiger partial charge < -0.3 is 18.9 Å². The van der Waals surface area contributed by atoms with Gasteiger partial charge in [0.05, 0.1) is 25.7 Å². The minimum Gasteiger partial charge on any atom is -0.476 e. The lowest BCUT2D eigenvalue weighted by atomic mass is 9.95. The Balaban J connectivity index is 1.75. The van der Waals surface area contributed by atoms with E-state index >= 15 is 0 Å². The molecule has 200 valence electrons. The van der Waals surface area contributed by atoms with Crippen LogP contribution in [0.4, 0.5) is 0 Å². The first-order chi connectivity index (χ1) is 17.6. The Morgan fingerprint density at radius 1 is 1.16 bits per heavy atom. The summed E-state index contributed by atoms with van der Waals surface area (Å²) in [6.07, 6.45) is 3.86. The molecule has 0 radical (unpaired) electrons. The van der Waals surface area contributed by atoms with Crippen LogP contribution < -0.4 is 9.47 Å². The lowest BCUT2D eigenvalue weighted by Gasteiger charge is -2.21. The fourth-order valence-electron chi connectivity index (χ4n) is 3.47. The van der Waals surface area contributed by atoms with Crippen LogP contribution in [0.15, 0.2) is 36.5 Å². The van der Waals surface area contributed by atoms with Crippen molar-refractivity contribution >= 4 is 22.3 Å². The molecule has 0 bridgehead atoms. The lowest BCUT2D eigenvalue weighted by Crippen LogP contribution is -2.32. The van der Waals surface area contributed by atoms with Gasteiger partial charge >= 0.3 is 12.0 Å². The van der Waals surface area contributed by atoms with Crippen molar-refractivity contribution in [3.63, 3.8) is 0 Å². The van der Waals surface area contributed by atoms with Crippen molar-refractivity contribution in [3.05, 3.63) is 42.1 Å². The highest BCUT2D eigenvalue weighted by Crippen LogP contribution is 2.29. The number of aromatic nitrogens is 4. The molecule has 1 atom stereocenters. The molecule has 10 heteroatoms. The summed E-state index contributed by atoms with van der Waals surface area (Å²) >= 11 is 0. The molecular weight excluding hydrogens is 492 g/mol. The Morgan fingerprint density at radius 2 is 1.86 bits per heavy atom. The summed E-state index contributed by atoms with van der Waals surface area (Å²) in [5.74, 6) is 5.72. The predicted octanol–water partition coefficient (Wildman–Crippen LogP) is 4.60. The van der Waals surface area contributed by atoms with Crippen LogP contribution in [-0.2, 0) is 21.0 Å². The average molecular weight is 529 g/mol. The highest BCUT2D eigenvalue weighted by molar-refractivity contribution is 8.13. The van der Waals surface area contributed by atoms with E-state index in [1.165, 1.54) is 7.11 Å². The first-order valence-corrected chi connectivity index (χ1v) is 14.0. The molecule has 37 heavy (non-hydrogen) atoms. The standard InChI is InChI=1S/C27H36N4O5S/c1-8-35-26-29-24(31(30-26)18-34-13-14-37(6)7)21-11-9-20(10-12-21)22-16-28-23(15-19(22)2)36-17-27(3,4)25(32)33-5/h9-12,15-16H,6,8,13-14,17-18H2,1-5,7H3. The summed E-state index contributed by atoms with van der Waals surface area (Å²) < 4.78 is 23.6. The Hall–Kier alpha value is -3.24. The van der Waals surface area contributed by atoms with Crippen molar-refractivity contribution in [2.24, 2.45) is 5.41 Å². The van der Waals surface area contributed by atoms with Crippen molar-refractivity contribution < 1.29 is 23.7 Å². The van der Waals surface area contributed by atoms with Gasteiger partial charge in [-0.25, -0.2) is 9.67 Å². The van der Waals surface area contributed by atoms with Crippen LogP contribution in [0.25, 0.3) is 22.5 Å². The number of carbonyl (C=O) groups is 1. The Bertz CT molecular complexity index is 1220. The van der Waals surface area contributed by atoms with Crippen LogP contribution in [0.3, 0.4) is 0 Å². The summed E-state index contributed by atoms with van der Waals surface area (Å²) in [6, 6.07) is 10.2. The molecule has 2 aromatic heterocycles. The molecule has 0 amide bonds. The molecule has 0 fully saturated rings. The molecule has 1 unspecified atom stereocenters. The number of hydrogen-bond donors (Lipinski definition) is 0. The number of carbonyl (C=O) groups excluding carboxylic acids is 1. The minimum atomic E-state index is -0.765. The summed E-state index contributed by atoms with van der Waals surface area (Å²) in [5, 5.41) is 4.44. The van der Waals surface area contributed by atoms with Gasteiger partial charge in [-0.2, -0.15) is 15.5 Å². The number of benzene rings is 1. The van der Waals surface area contributed by atoms with Crippen molar-refractivity contribution in [1.82, 2.24) is 19.7 Å². The number of hydrogen-bond acceptors (Lipinski definition) is 8. The van der Waals surface area contributed by atoms with Gasteiger partial charge in [0, 0.05) is 29.1 Å². The van der Waals surface area contributed by atoms with Gasteiger partial charge in [0.25, 0.3) is 0 Å². The van der Waals surface area contributed by atoms with Crippen LogP contribution in [0.2, 0.25) is 0 Å². The van der Waals surface area contributed by atoms with Crippen molar-refractivity contribution in [1.29, 1.82) is 0 Å². The van der Waals surface area contributed by atoms with Crippen molar-refractivity contribution in [2.45, 2.75) is 34.4 Å². The summed E-state index contributed by atoms with van der Waals surface area (Å²) in [5.41, 5.74) is 3.12.